The van der Waals surface area contributed by atoms with E-state index in [0.717, 1.165) is 28.1 Å². The van der Waals surface area contributed by atoms with E-state index in [1.54, 1.807) is 0 Å². The number of benzene rings is 2. The van der Waals surface area contributed by atoms with Crippen molar-refractivity contribution in [1.29, 1.82) is 0 Å². The summed E-state index contributed by atoms with van der Waals surface area (Å²) in [5, 5.41) is 4.07. The van der Waals surface area contributed by atoms with E-state index in [1.165, 1.54) is 5.56 Å². The molecule has 0 saturated carbocycles. The molecule has 0 amide bonds. The number of halogens is 2. The Balaban J connectivity index is 2.15. The zero-order valence-electron chi connectivity index (χ0n) is 12.4. The van der Waals surface area contributed by atoms with Crippen LogP contribution in [0.5, 0.6) is 11.5 Å². The van der Waals surface area contributed by atoms with Crippen LogP contribution in [0.15, 0.2) is 40.9 Å². The molecule has 0 bridgehead atoms. The molecule has 2 rings (SSSR count). The zero-order valence-corrected chi connectivity index (χ0v) is 14.8. The number of hydrogen-bond acceptors (Lipinski definition) is 2. The second kappa shape index (κ2) is 7.30. The lowest BCUT2D eigenvalue weighted by Gasteiger charge is -2.13. The number of ether oxygens (including phenoxy) is 1. The molecule has 0 atom stereocenters. The van der Waals surface area contributed by atoms with Crippen molar-refractivity contribution in [3.05, 3.63) is 57.0 Å². The van der Waals surface area contributed by atoms with Crippen molar-refractivity contribution in [2.24, 2.45) is 0 Å². The van der Waals surface area contributed by atoms with Crippen LogP contribution in [0.1, 0.15) is 25.0 Å². The molecule has 2 aromatic rings. The van der Waals surface area contributed by atoms with Crippen LogP contribution in [0.4, 0.5) is 0 Å². The Bertz CT molecular complexity index is 628. The standard InChI is InChI=1S/C17H19BrClNO/c1-11(2)20-10-13-5-7-16(15(18)8-13)21-17-9-14(19)6-4-12(17)3/h4-9,11,20H,10H2,1-3H3. The minimum atomic E-state index is 0.466. The lowest BCUT2D eigenvalue weighted by molar-refractivity contribution is 0.475. The Morgan fingerprint density at radius 1 is 1.14 bits per heavy atom. The molecular weight excluding hydrogens is 350 g/mol. The topological polar surface area (TPSA) is 21.3 Å². The van der Waals surface area contributed by atoms with Gasteiger partial charge in [-0.25, -0.2) is 0 Å². The second-order valence-electron chi connectivity index (χ2n) is 5.31. The van der Waals surface area contributed by atoms with Gasteiger partial charge in [-0.1, -0.05) is 37.6 Å². The van der Waals surface area contributed by atoms with Crippen molar-refractivity contribution in [1.82, 2.24) is 5.32 Å². The van der Waals surface area contributed by atoms with Gasteiger partial charge in [0, 0.05) is 17.6 Å². The molecule has 21 heavy (non-hydrogen) atoms. The molecule has 112 valence electrons. The van der Waals surface area contributed by atoms with Crippen molar-refractivity contribution in [3.63, 3.8) is 0 Å². The van der Waals surface area contributed by atoms with E-state index in [-0.39, 0.29) is 0 Å². The maximum Gasteiger partial charge on any atom is 0.141 e. The molecule has 0 spiro atoms. The average Bonchev–Trinajstić information content (AvgIpc) is 2.43. The maximum atomic E-state index is 6.02. The molecule has 0 saturated heterocycles. The van der Waals surface area contributed by atoms with Gasteiger partial charge in [0.15, 0.2) is 0 Å². The SMILES string of the molecule is Cc1ccc(Cl)cc1Oc1ccc(CNC(C)C)cc1Br. The number of hydrogen-bond donors (Lipinski definition) is 1. The Morgan fingerprint density at radius 2 is 1.90 bits per heavy atom. The van der Waals surface area contributed by atoms with Crippen LogP contribution in [0.3, 0.4) is 0 Å². The van der Waals surface area contributed by atoms with Gasteiger partial charge in [-0.2, -0.15) is 0 Å². The highest BCUT2D eigenvalue weighted by Gasteiger charge is 2.07. The van der Waals surface area contributed by atoms with Gasteiger partial charge in [-0.15, -0.1) is 0 Å². The predicted octanol–water partition coefficient (Wildman–Crippen LogP) is 5.70. The molecule has 0 unspecified atom stereocenters. The van der Waals surface area contributed by atoms with Crippen LogP contribution in [-0.4, -0.2) is 6.04 Å². The van der Waals surface area contributed by atoms with Crippen molar-refractivity contribution in [3.8, 4) is 11.5 Å². The van der Waals surface area contributed by atoms with Gasteiger partial charge in [0.1, 0.15) is 11.5 Å². The minimum Gasteiger partial charge on any atom is -0.456 e. The molecule has 0 aliphatic carbocycles. The van der Waals surface area contributed by atoms with E-state index in [0.29, 0.717) is 11.1 Å². The highest BCUT2D eigenvalue weighted by Crippen LogP contribution is 2.33. The van der Waals surface area contributed by atoms with Crippen molar-refractivity contribution in [2.75, 3.05) is 0 Å². The molecule has 0 fully saturated rings. The Labute approximate surface area is 139 Å². The van der Waals surface area contributed by atoms with Gasteiger partial charge in [0.05, 0.1) is 4.47 Å². The van der Waals surface area contributed by atoms with E-state index >= 15 is 0 Å². The van der Waals surface area contributed by atoms with Crippen LogP contribution >= 0.6 is 27.5 Å². The first-order valence-electron chi connectivity index (χ1n) is 6.91. The summed E-state index contributed by atoms with van der Waals surface area (Å²) in [6.45, 7) is 7.11. The summed E-state index contributed by atoms with van der Waals surface area (Å²) < 4.78 is 6.88. The second-order valence-corrected chi connectivity index (χ2v) is 6.60. The van der Waals surface area contributed by atoms with Crippen LogP contribution < -0.4 is 10.1 Å². The van der Waals surface area contributed by atoms with Gasteiger partial charge >= 0.3 is 0 Å². The molecule has 0 aliphatic rings. The highest BCUT2D eigenvalue weighted by atomic mass is 79.9. The Hall–Kier alpha value is -1.03. The third-order valence-electron chi connectivity index (χ3n) is 3.08. The van der Waals surface area contributed by atoms with Crippen LogP contribution in [0.25, 0.3) is 0 Å². The molecule has 0 aliphatic heterocycles. The smallest absolute Gasteiger partial charge is 0.141 e. The molecule has 4 heteroatoms. The van der Waals surface area contributed by atoms with Crippen molar-refractivity contribution in [2.45, 2.75) is 33.4 Å². The van der Waals surface area contributed by atoms with E-state index < -0.39 is 0 Å². The molecule has 0 radical (unpaired) electrons. The van der Waals surface area contributed by atoms with Gasteiger partial charge in [0.2, 0.25) is 0 Å². The molecule has 2 aromatic carbocycles. The lowest BCUT2D eigenvalue weighted by atomic mass is 10.2. The molecular formula is C17H19BrClNO. The largest absolute Gasteiger partial charge is 0.456 e. The fraction of sp³-hybridized carbons (Fsp3) is 0.294. The lowest BCUT2D eigenvalue weighted by Crippen LogP contribution is -2.21. The average molecular weight is 369 g/mol. The number of rotatable bonds is 5. The summed E-state index contributed by atoms with van der Waals surface area (Å²) in [6.07, 6.45) is 0. The van der Waals surface area contributed by atoms with Crippen LogP contribution in [0.2, 0.25) is 5.02 Å². The van der Waals surface area contributed by atoms with E-state index in [1.807, 2.05) is 31.2 Å². The van der Waals surface area contributed by atoms with E-state index in [4.69, 9.17) is 16.3 Å². The van der Waals surface area contributed by atoms with Crippen LogP contribution in [0, 0.1) is 6.92 Å². The van der Waals surface area contributed by atoms with Gasteiger partial charge in [-0.05, 0) is 58.2 Å². The first kappa shape index (κ1) is 16.3. The first-order valence-corrected chi connectivity index (χ1v) is 8.08. The number of aryl methyl sites for hydroxylation is 1. The van der Waals surface area contributed by atoms with E-state index in [9.17, 15) is 0 Å². The molecule has 1 N–H and O–H groups in total. The quantitative estimate of drug-likeness (QED) is 0.730. The molecule has 0 heterocycles. The fourth-order valence-electron chi connectivity index (χ4n) is 1.86. The summed E-state index contributed by atoms with van der Waals surface area (Å²) >= 11 is 9.59. The van der Waals surface area contributed by atoms with Crippen molar-refractivity contribution >= 4 is 27.5 Å². The fourth-order valence-corrected chi connectivity index (χ4v) is 2.53. The minimum absolute atomic E-state index is 0.466. The summed E-state index contributed by atoms with van der Waals surface area (Å²) in [6, 6.07) is 12.2. The zero-order chi connectivity index (χ0) is 15.4. The summed E-state index contributed by atoms with van der Waals surface area (Å²) in [7, 11) is 0. The molecule has 0 aromatic heterocycles. The molecule has 2 nitrogen and oxygen atoms in total. The maximum absolute atomic E-state index is 6.02. The van der Waals surface area contributed by atoms with Gasteiger partial charge in [0.25, 0.3) is 0 Å². The highest BCUT2D eigenvalue weighted by molar-refractivity contribution is 9.10. The van der Waals surface area contributed by atoms with Gasteiger partial charge < -0.3 is 10.1 Å². The monoisotopic (exact) mass is 367 g/mol. The first-order chi connectivity index (χ1) is 9.95. The van der Waals surface area contributed by atoms with Crippen LogP contribution in [-0.2, 0) is 6.54 Å². The summed E-state index contributed by atoms with van der Waals surface area (Å²) in [5.41, 5.74) is 2.27. The predicted molar refractivity (Wildman–Crippen MR) is 92.4 cm³/mol. The van der Waals surface area contributed by atoms with Gasteiger partial charge in [-0.3, -0.25) is 0 Å². The normalized spacial score (nSPS) is 11.0. The third-order valence-corrected chi connectivity index (χ3v) is 3.94. The van der Waals surface area contributed by atoms with Crippen molar-refractivity contribution < 1.29 is 4.74 Å². The summed E-state index contributed by atoms with van der Waals surface area (Å²) in [5.74, 6) is 1.56. The number of nitrogens with one attached hydrogen (secondary N) is 1. The Morgan fingerprint density at radius 3 is 2.57 bits per heavy atom. The Kier molecular flexibility index (Phi) is 5.68. The van der Waals surface area contributed by atoms with E-state index in [2.05, 4.69) is 47.2 Å². The third kappa shape index (κ3) is 4.73. The summed E-state index contributed by atoms with van der Waals surface area (Å²) in [4.78, 5) is 0.